The molecule has 4 aromatic rings. The number of aryl methyl sites for hydroxylation is 1. The van der Waals surface area contributed by atoms with Crippen molar-refractivity contribution in [3.8, 4) is 0 Å². The summed E-state index contributed by atoms with van der Waals surface area (Å²) in [7, 11) is -4.11. The van der Waals surface area contributed by atoms with Crippen molar-refractivity contribution < 1.29 is 18.0 Å². The zero-order chi connectivity index (χ0) is 30.8. The van der Waals surface area contributed by atoms with Crippen LogP contribution in [-0.2, 0) is 39.0 Å². The Bertz CT molecular complexity index is 1580. The minimum Gasteiger partial charge on any atom is -0.352 e. The summed E-state index contributed by atoms with van der Waals surface area (Å²) >= 11 is 0. The van der Waals surface area contributed by atoms with Crippen LogP contribution in [0.4, 0.5) is 5.69 Å². The fraction of sp³-hybridized carbons (Fsp3) is 0.257. The van der Waals surface area contributed by atoms with Crippen molar-refractivity contribution in [1.29, 1.82) is 0 Å². The van der Waals surface area contributed by atoms with E-state index in [0.717, 1.165) is 27.4 Å². The van der Waals surface area contributed by atoms with Gasteiger partial charge in [-0.2, -0.15) is 0 Å². The molecule has 1 N–H and O–H groups in total. The highest BCUT2D eigenvalue weighted by Crippen LogP contribution is 2.25. The van der Waals surface area contributed by atoms with Crippen molar-refractivity contribution in [2.75, 3.05) is 10.8 Å². The SMILES string of the molecule is CCc1ccc(N(CC(=O)N(Cc2ccccc2)[C@@H](Cc2ccccc2)C(=O)NC(C)C)S(=O)(=O)c2ccccc2)cc1. The molecular formula is C35H39N3O4S. The van der Waals surface area contributed by atoms with Crippen LogP contribution in [0.3, 0.4) is 0 Å². The second kappa shape index (κ2) is 14.6. The number of anilines is 1. The lowest BCUT2D eigenvalue weighted by Crippen LogP contribution is -2.54. The van der Waals surface area contributed by atoms with Crippen LogP contribution in [0.15, 0.2) is 120 Å². The van der Waals surface area contributed by atoms with Crippen molar-refractivity contribution >= 4 is 27.5 Å². The Labute approximate surface area is 255 Å². The molecule has 0 saturated carbocycles. The maximum absolute atomic E-state index is 14.4. The van der Waals surface area contributed by atoms with E-state index in [1.54, 1.807) is 30.3 Å². The molecule has 0 aromatic heterocycles. The third kappa shape index (κ3) is 8.32. The molecule has 0 aliphatic heterocycles. The van der Waals surface area contributed by atoms with E-state index in [9.17, 15) is 18.0 Å². The lowest BCUT2D eigenvalue weighted by Gasteiger charge is -2.34. The standard InChI is InChI=1S/C35H39N3O4S/c1-4-28-20-22-31(23-21-28)38(43(41,42)32-18-12-7-13-19-32)26-34(39)37(25-30-16-10-6-11-17-30)33(35(40)36-27(2)3)24-29-14-8-5-9-15-29/h5-23,27,33H,4,24-26H2,1-3H3,(H,36,40)/t33-/m0/s1. The minimum atomic E-state index is -4.11. The van der Waals surface area contributed by atoms with Crippen molar-refractivity contribution in [3.63, 3.8) is 0 Å². The summed E-state index contributed by atoms with van der Waals surface area (Å²) in [5.74, 6) is -0.782. The Balaban J connectivity index is 1.78. The molecule has 1 atom stereocenters. The molecule has 0 unspecified atom stereocenters. The highest BCUT2D eigenvalue weighted by molar-refractivity contribution is 7.92. The number of nitrogens with one attached hydrogen (secondary N) is 1. The summed E-state index contributed by atoms with van der Waals surface area (Å²) in [6.45, 7) is 5.42. The maximum atomic E-state index is 14.4. The Morgan fingerprint density at radius 1 is 0.721 bits per heavy atom. The molecule has 0 aliphatic carbocycles. The van der Waals surface area contributed by atoms with Crippen molar-refractivity contribution in [2.24, 2.45) is 0 Å². The Hall–Kier alpha value is -4.43. The van der Waals surface area contributed by atoms with Gasteiger partial charge in [0.05, 0.1) is 10.6 Å². The number of hydrogen-bond donors (Lipinski definition) is 1. The smallest absolute Gasteiger partial charge is 0.264 e. The van der Waals surface area contributed by atoms with Crippen molar-refractivity contribution in [1.82, 2.24) is 10.2 Å². The third-order valence-electron chi connectivity index (χ3n) is 7.14. The number of benzene rings is 4. The van der Waals surface area contributed by atoms with Gasteiger partial charge in [0.2, 0.25) is 11.8 Å². The van der Waals surface area contributed by atoms with Crippen LogP contribution in [0.25, 0.3) is 0 Å². The summed E-state index contributed by atoms with van der Waals surface area (Å²) in [6.07, 6.45) is 1.07. The van der Waals surface area contributed by atoms with Gasteiger partial charge < -0.3 is 10.2 Å². The van der Waals surface area contributed by atoms with Gasteiger partial charge in [-0.25, -0.2) is 8.42 Å². The van der Waals surface area contributed by atoms with Crippen molar-refractivity contribution in [2.45, 2.75) is 57.1 Å². The maximum Gasteiger partial charge on any atom is 0.264 e. The zero-order valence-electron chi connectivity index (χ0n) is 24.9. The number of hydrogen-bond acceptors (Lipinski definition) is 4. The van der Waals surface area contributed by atoms with E-state index in [2.05, 4.69) is 5.32 Å². The van der Waals surface area contributed by atoms with E-state index in [-0.39, 0.29) is 29.8 Å². The van der Waals surface area contributed by atoms with Gasteiger partial charge >= 0.3 is 0 Å². The average molecular weight is 598 g/mol. The first-order valence-electron chi connectivity index (χ1n) is 14.5. The number of rotatable bonds is 13. The van der Waals surface area contributed by atoms with Gasteiger partial charge in [0.25, 0.3) is 10.0 Å². The number of nitrogens with zero attached hydrogens (tertiary/aromatic N) is 2. The first kappa shape index (κ1) is 31.5. The summed E-state index contributed by atoms with van der Waals surface area (Å²) in [5, 5.41) is 2.97. The molecule has 8 heteroatoms. The normalized spacial score (nSPS) is 12.0. The van der Waals surface area contributed by atoms with Crippen molar-refractivity contribution in [3.05, 3.63) is 132 Å². The molecule has 0 radical (unpaired) electrons. The molecule has 7 nitrogen and oxygen atoms in total. The van der Waals surface area contributed by atoms with Gasteiger partial charge in [0.15, 0.2) is 0 Å². The second-order valence-corrected chi connectivity index (χ2v) is 12.6. The highest BCUT2D eigenvalue weighted by atomic mass is 32.2. The summed E-state index contributed by atoms with van der Waals surface area (Å²) in [4.78, 5) is 29.7. The lowest BCUT2D eigenvalue weighted by atomic mass is 10.0. The van der Waals surface area contributed by atoms with E-state index < -0.39 is 28.5 Å². The summed E-state index contributed by atoms with van der Waals surface area (Å²) in [6, 6.07) is 33.2. The van der Waals surface area contributed by atoms with E-state index in [1.165, 1.54) is 17.0 Å². The van der Waals surface area contributed by atoms with Gasteiger partial charge in [-0.05, 0) is 61.2 Å². The number of carbonyl (C=O) groups is 2. The fourth-order valence-corrected chi connectivity index (χ4v) is 6.30. The van der Waals surface area contributed by atoms with Gasteiger partial charge in [-0.1, -0.05) is 97.9 Å². The van der Waals surface area contributed by atoms with Gasteiger partial charge in [-0.15, -0.1) is 0 Å². The monoisotopic (exact) mass is 597 g/mol. The van der Waals surface area contributed by atoms with Gasteiger partial charge in [-0.3, -0.25) is 13.9 Å². The van der Waals surface area contributed by atoms with Crippen LogP contribution in [-0.4, -0.2) is 43.8 Å². The molecule has 224 valence electrons. The number of carbonyl (C=O) groups excluding carboxylic acids is 2. The van der Waals surface area contributed by atoms with E-state index in [1.807, 2.05) is 93.6 Å². The number of amides is 2. The highest BCUT2D eigenvalue weighted by Gasteiger charge is 2.34. The Morgan fingerprint density at radius 3 is 1.79 bits per heavy atom. The molecule has 0 heterocycles. The molecule has 0 fully saturated rings. The molecule has 43 heavy (non-hydrogen) atoms. The molecule has 4 aromatic carbocycles. The fourth-order valence-electron chi connectivity index (χ4n) is 4.86. The third-order valence-corrected chi connectivity index (χ3v) is 8.93. The molecular weight excluding hydrogens is 558 g/mol. The molecule has 0 spiro atoms. The summed E-state index contributed by atoms with van der Waals surface area (Å²) in [5.41, 5.74) is 3.14. The van der Waals surface area contributed by atoms with Crippen LogP contribution in [0.5, 0.6) is 0 Å². The van der Waals surface area contributed by atoms with Crippen LogP contribution in [0.1, 0.15) is 37.5 Å². The predicted octanol–water partition coefficient (Wildman–Crippen LogP) is 5.61. The molecule has 0 aliphatic rings. The Kier molecular flexibility index (Phi) is 10.7. The van der Waals surface area contributed by atoms with Crippen LogP contribution < -0.4 is 9.62 Å². The van der Waals surface area contributed by atoms with Crippen LogP contribution in [0.2, 0.25) is 0 Å². The quantitative estimate of drug-likeness (QED) is 0.217. The van der Waals surface area contributed by atoms with Crippen LogP contribution >= 0.6 is 0 Å². The molecule has 4 rings (SSSR count). The second-order valence-electron chi connectivity index (χ2n) is 10.7. The van der Waals surface area contributed by atoms with Gasteiger partial charge in [0, 0.05) is 19.0 Å². The van der Waals surface area contributed by atoms with Gasteiger partial charge in [0.1, 0.15) is 12.6 Å². The number of sulfonamides is 1. The van der Waals surface area contributed by atoms with E-state index in [4.69, 9.17) is 0 Å². The lowest BCUT2D eigenvalue weighted by molar-refractivity contribution is -0.140. The minimum absolute atomic E-state index is 0.0790. The first-order chi connectivity index (χ1) is 20.7. The zero-order valence-corrected chi connectivity index (χ0v) is 25.7. The molecule has 0 saturated heterocycles. The first-order valence-corrected chi connectivity index (χ1v) is 16.0. The Morgan fingerprint density at radius 2 is 1.26 bits per heavy atom. The summed E-state index contributed by atoms with van der Waals surface area (Å²) < 4.78 is 29.2. The average Bonchev–Trinajstić information content (AvgIpc) is 3.02. The largest absolute Gasteiger partial charge is 0.352 e. The van der Waals surface area contributed by atoms with E-state index in [0.29, 0.717) is 5.69 Å². The molecule has 2 amide bonds. The topological polar surface area (TPSA) is 86.8 Å². The van der Waals surface area contributed by atoms with Crippen LogP contribution in [0, 0.1) is 0 Å². The molecule has 0 bridgehead atoms. The predicted molar refractivity (Wildman–Crippen MR) is 171 cm³/mol. The van der Waals surface area contributed by atoms with E-state index >= 15 is 0 Å².